The molecule has 0 saturated carbocycles. The smallest absolute Gasteiger partial charge is 0.179 e. The molecule has 0 heterocycles. The molecular weight excluding hydrogens is 532 g/mol. The van der Waals surface area contributed by atoms with Crippen LogP contribution in [0.15, 0.2) is 72.8 Å². The zero-order chi connectivity index (χ0) is 31.3. The fourth-order valence-corrected chi connectivity index (χ4v) is 6.55. The van der Waals surface area contributed by atoms with Gasteiger partial charge in [-0.25, -0.2) is 5.11 Å². The fraction of sp³-hybridized carbons (Fsp3) is 0.581. The summed E-state index contributed by atoms with van der Waals surface area (Å²) in [4.78, 5) is 0. The Balaban J connectivity index is 1.72. The van der Waals surface area contributed by atoms with Gasteiger partial charge in [-0.3, -0.25) is 0 Å². The standard InChI is InChI=1S/C43H63O/c1-4-7-10-13-16-19-22-37-25-31-40(32-26-37)43(44,41-33-27-38(28-34-41)23-20-17-14-11-8-5-2)42-35-29-39(30-36-42)24-21-18-15-12-9-6-3/h25-36H,4-24H2,1-3H3. The van der Waals surface area contributed by atoms with Crippen molar-refractivity contribution in [2.45, 2.75) is 161 Å². The molecule has 0 aliphatic rings. The number of hydrogen-bond acceptors (Lipinski definition) is 0. The van der Waals surface area contributed by atoms with E-state index in [2.05, 4.69) is 93.6 Å². The van der Waals surface area contributed by atoms with Crippen molar-refractivity contribution < 1.29 is 5.11 Å². The lowest BCUT2D eigenvalue weighted by atomic mass is 9.79. The Kier molecular flexibility index (Phi) is 17.5. The molecule has 0 spiro atoms. The predicted molar refractivity (Wildman–Crippen MR) is 191 cm³/mol. The Labute approximate surface area is 271 Å². The van der Waals surface area contributed by atoms with Crippen LogP contribution in [0.4, 0.5) is 0 Å². The van der Waals surface area contributed by atoms with Gasteiger partial charge in [-0.05, 0) is 71.9 Å². The first kappa shape index (κ1) is 36.1. The first-order valence-electron chi connectivity index (χ1n) is 18.6. The summed E-state index contributed by atoms with van der Waals surface area (Å²) >= 11 is 0. The van der Waals surface area contributed by atoms with E-state index in [1.54, 1.807) is 0 Å². The van der Waals surface area contributed by atoms with E-state index in [1.165, 1.54) is 132 Å². The highest BCUT2D eigenvalue weighted by molar-refractivity contribution is 5.48. The van der Waals surface area contributed by atoms with E-state index in [0.717, 1.165) is 36.0 Å². The summed E-state index contributed by atoms with van der Waals surface area (Å²) in [6.45, 7) is 6.81. The molecule has 0 N–H and O–H groups in total. The maximum Gasteiger partial charge on any atom is 0.179 e. The van der Waals surface area contributed by atoms with Crippen molar-refractivity contribution in [3.63, 3.8) is 0 Å². The van der Waals surface area contributed by atoms with Crippen molar-refractivity contribution in [2.75, 3.05) is 0 Å². The van der Waals surface area contributed by atoms with Crippen LogP contribution in [0.3, 0.4) is 0 Å². The van der Waals surface area contributed by atoms with Gasteiger partial charge < -0.3 is 0 Å². The molecule has 0 aromatic heterocycles. The van der Waals surface area contributed by atoms with Crippen molar-refractivity contribution in [1.29, 1.82) is 0 Å². The third kappa shape index (κ3) is 12.2. The largest absolute Gasteiger partial charge is 0.214 e. The van der Waals surface area contributed by atoms with Crippen LogP contribution in [-0.4, -0.2) is 0 Å². The van der Waals surface area contributed by atoms with E-state index in [1.807, 2.05) is 0 Å². The highest BCUT2D eigenvalue weighted by Gasteiger charge is 2.36. The molecule has 3 aromatic rings. The van der Waals surface area contributed by atoms with Crippen molar-refractivity contribution >= 4 is 0 Å². The minimum absolute atomic E-state index is 0.844. The number of aryl methyl sites for hydroxylation is 3. The van der Waals surface area contributed by atoms with Crippen LogP contribution in [0.2, 0.25) is 0 Å². The molecule has 1 nitrogen and oxygen atoms in total. The lowest BCUT2D eigenvalue weighted by molar-refractivity contribution is 0.0410. The third-order valence-electron chi connectivity index (χ3n) is 9.54. The van der Waals surface area contributed by atoms with Crippen molar-refractivity contribution in [3.8, 4) is 0 Å². The number of rotatable bonds is 24. The number of benzene rings is 3. The Morgan fingerprint density at radius 1 is 0.341 bits per heavy atom. The average molecular weight is 596 g/mol. The average Bonchev–Trinajstić information content (AvgIpc) is 3.06. The summed E-state index contributed by atoms with van der Waals surface area (Å²) < 4.78 is 0. The fourth-order valence-electron chi connectivity index (χ4n) is 6.55. The van der Waals surface area contributed by atoms with Crippen LogP contribution in [0, 0.1) is 0 Å². The number of unbranched alkanes of at least 4 members (excludes halogenated alkanes) is 15. The zero-order valence-electron chi connectivity index (χ0n) is 28.7. The molecule has 0 bridgehead atoms. The van der Waals surface area contributed by atoms with Crippen LogP contribution >= 0.6 is 0 Å². The second kappa shape index (κ2) is 21.4. The molecule has 0 unspecified atom stereocenters. The van der Waals surface area contributed by atoms with Crippen LogP contribution < -0.4 is 0 Å². The summed E-state index contributed by atoms with van der Waals surface area (Å²) in [5, 5.41) is 15.1. The predicted octanol–water partition coefficient (Wildman–Crippen LogP) is 13.1. The Morgan fingerprint density at radius 3 is 0.818 bits per heavy atom. The maximum absolute atomic E-state index is 15.1. The minimum atomic E-state index is -1.42. The van der Waals surface area contributed by atoms with Gasteiger partial charge in [0.15, 0.2) is 5.60 Å². The van der Waals surface area contributed by atoms with Crippen LogP contribution in [-0.2, 0) is 30.0 Å². The van der Waals surface area contributed by atoms with Gasteiger partial charge in [-0.1, -0.05) is 190 Å². The highest BCUT2D eigenvalue weighted by Crippen LogP contribution is 2.38. The molecule has 0 aliphatic carbocycles. The van der Waals surface area contributed by atoms with E-state index in [-0.39, 0.29) is 0 Å². The second-order valence-electron chi connectivity index (χ2n) is 13.3. The van der Waals surface area contributed by atoms with E-state index in [4.69, 9.17) is 0 Å². The first-order chi connectivity index (χ1) is 21.6. The first-order valence-corrected chi connectivity index (χ1v) is 18.6. The van der Waals surface area contributed by atoms with E-state index < -0.39 is 5.60 Å². The summed E-state index contributed by atoms with van der Waals surface area (Å²) in [5.41, 5.74) is 5.14. The van der Waals surface area contributed by atoms with Gasteiger partial charge in [-0.15, -0.1) is 0 Å². The van der Waals surface area contributed by atoms with E-state index in [9.17, 15) is 0 Å². The molecule has 0 fully saturated rings. The molecule has 0 saturated heterocycles. The monoisotopic (exact) mass is 595 g/mol. The van der Waals surface area contributed by atoms with Gasteiger partial charge in [0.25, 0.3) is 0 Å². The van der Waals surface area contributed by atoms with Gasteiger partial charge in [0.05, 0.1) is 0 Å². The summed E-state index contributed by atoms with van der Waals surface area (Å²) in [6.07, 6.45) is 26.8. The third-order valence-corrected chi connectivity index (χ3v) is 9.54. The summed E-state index contributed by atoms with van der Waals surface area (Å²) in [5.74, 6) is 0. The number of hydrogen-bond donors (Lipinski definition) is 0. The molecule has 0 amide bonds. The summed E-state index contributed by atoms with van der Waals surface area (Å²) in [6, 6.07) is 25.8. The van der Waals surface area contributed by atoms with Gasteiger partial charge in [0.2, 0.25) is 0 Å². The minimum Gasteiger partial charge on any atom is -0.214 e. The zero-order valence-corrected chi connectivity index (χ0v) is 28.7. The van der Waals surface area contributed by atoms with Crippen LogP contribution in [0.25, 0.3) is 0 Å². The molecule has 1 heteroatoms. The molecule has 3 rings (SSSR count). The SMILES string of the molecule is CCCCCCCCc1ccc(C([O])(c2ccc(CCCCCCCC)cc2)c2ccc(CCCCCCCC)cc2)cc1. The molecule has 241 valence electrons. The molecule has 0 atom stereocenters. The quantitative estimate of drug-likeness (QED) is 0.0725. The molecule has 44 heavy (non-hydrogen) atoms. The highest BCUT2D eigenvalue weighted by atomic mass is 16.3. The van der Waals surface area contributed by atoms with Gasteiger partial charge >= 0.3 is 0 Å². The van der Waals surface area contributed by atoms with E-state index in [0.29, 0.717) is 0 Å². The van der Waals surface area contributed by atoms with Crippen LogP contribution in [0.1, 0.15) is 170 Å². The van der Waals surface area contributed by atoms with Gasteiger partial charge in [0.1, 0.15) is 0 Å². The van der Waals surface area contributed by atoms with E-state index >= 15 is 5.11 Å². The van der Waals surface area contributed by atoms with Crippen molar-refractivity contribution in [2.24, 2.45) is 0 Å². The molecule has 0 aliphatic heterocycles. The summed E-state index contributed by atoms with van der Waals surface area (Å²) in [7, 11) is 0. The van der Waals surface area contributed by atoms with Crippen molar-refractivity contribution in [3.05, 3.63) is 106 Å². The maximum atomic E-state index is 15.1. The lowest BCUT2D eigenvalue weighted by Gasteiger charge is -2.28. The normalized spacial score (nSPS) is 11.7. The molecule has 1 radical (unpaired) electrons. The Hall–Kier alpha value is -2.38. The molecular formula is C43H63O. The Bertz CT molecular complexity index is 965. The molecule has 3 aromatic carbocycles. The van der Waals surface area contributed by atoms with Crippen LogP contribution in [0.5, 0.6) is 0 Å². The van der Waals surface area contributed by atoms with Crippen molar-refractivity contribution in [1.82, 2.24) is 0 Å². The lowest BCUT2D eigenvalue weighted by Crippen LogP contribution is -2.27. The van der Waals surface area contributed by atoms with Gasteiger partial charge in [0, 0.05) is 0 Å². The second-order valence-corrected chi connectivity index (χ2v) is 13.3. The van der Waals surface area contributed by atoms with Gasteiger partial charge in [-0.2, -0.15) is 0 Å². The Morgan fingerprint density at radius 2 is 0.568 bits per heavy atom. The topological polar surface area (TPSA) is 19.9 Å².